The summed E-state index contributed by atoms with van der Waals surface area (Å²) in [5.74, 6) is -0.0617. The number of nitrogen functional groups attached to an aromatic ring is 1. The van der Waals surface area contributed by atoms with Gasteiger partial charge in [0, 0.05) is 6.07 Å². The average molecular weight is 221 g/mol. The third-order valence-electron chi connectivity index (χ3n) is 2.06. The van der Waals surface area contributed by atoms with Crippen LogP contribution in [-0.2, 0) is 0 Å². The Morgan fingerprint density at radius 2 is 2.06 bits per heavy atom. The smallest absolute Gasteiger partial charge is 0.224 e. The van der Waals surface area contributed by atoms with E-state index in [0.29, 0.717) is 16.8 Å². The van der Waals surface area contributed by atoms with Crippen molar-refractivity contribution in [2.75, 3.05) is 5.73 Å². The van der Waals surface area contributed by atoms with Crippen LogP contribution in [0.4, 0.5) is 10.1 Å². The molecule has 2 rings (SSSR count). The van der Waals surface area contributed by atoms with Crippen molar-refractivity contribution in [1.29, 1.82) is 0 Å². The van der Waals surface area contributed by atoms with Crippen molar-refractivity contribution in [2.45, 2.75) is 20.0 Å². The summed E-state index contributed by atoms with van der Waals surface area (Å²) in [5.41, 5.74) is 6.05. The largest absolute Gasteiger partial charge is 0.474 e. The number of nitrogens with two attached hydrogens (primary N) is 1. The molecule has 0 radical (unpaired) electrons. The van der Waals surface area contributed by atoms with Crippen LogP contribution >= 0.6 is 0 Å². The maximum absolute atomic E-state index is 13.2. The van der Waals surface area contributed by atoms with Gasteiger partial charge in [0.15, 0.2) is 0 Å². The first-order valence-corrected chi connectivity index (χ1v) is 4.94. The van der Waals surface area contributed by atoms with Crippen LogP contribution in [0.1, 0.15) is 13.8 Å². The molecule has 0 spiro atoms. The number of benzene rings is 1. The molecular weight excluding hydrogens is 209 g/mol. The molecule has 0 fully saturated rings. The van der Waals surface area contributed by atoms with E-state index in [0.717, 1.165) is 0 Å². The van der Waals surface area contributed by atoms with Crippen LogP contribution in [0.3, 0.4) is 0 Å². The molecule has 0 aliphatic carbocycles. The van der Waals surface area contributed by atoms with Gasteiger partial charge in [0.2, 0.25) is 5.88 Å². The lowest BCUT2D eigenvalue weighted by Crippen LogP contribution is -2.07. The van der Waals surface area contributed by atoms with Gasteiger partial charge in [-0.15, -0.1) is 0 Å². The standard InChI is InChI=1S/C11H12FN3O/c1-6(2)16-11-7-3-9(13)8(12)4-10(7)14-5-15-11/h3-6H,13H2,1-2H3. The van der Waals surface area contributed by atoms with Crippen molar-refractivity contribution in [3.8, 4) is 5.88 Å². The van der Waals surface area contributed by atoms with E-state index in [2.05, 4.69) is 9.97 Å². The molecule has 1 aromatic heterocycles. The van der Waals surface area contributed by atoms with Crippen LogP contribution in [0, 0.1) is 5.82 Å². The van der Waals surface area contributed by atoms with Crippen molar-refractivity contribution < 1.29 is 9.13 Å². The Morgan fingerprint density at radius 1 is 1.31 bits per heavy atom. The summed E-state index contributed by atoms with van der Waals surface area (Å²) in [4.78, 5) is 7.97. The number of rotatable bonds is 2. The molecule has 2 aromatic rings. The Balaban J connectivity index is 2.62. The van der Waals surface area contributed by atoms with Crippen LogP contribution in [0.15, 0.2) is 18.5 Å². The molecule has 1 aromatic carbocycles. The second kappa shape index (κ2) is 3.92. The van der Waals surface area contributed by atoms with Crippen molar-refractivity contribution in [2.24, 2.45) is 0 Å². The van der Waals surface area contributed by atoms with Gasteiger partial charge in [0.25, 0.3) is 0 Å². The summed E-state index contributed by atoms with van der Waals surface area (Å²) in [5, 5.41) is 0.620. The summed E-state index contributed by atoms with van der Waals surface area (Å²) in [6.07, 6.45) is 1.33. The Morgan fingerprint density at radius 3 is 2.75 bits per heavy atom. The topological polar surface area (TPSA) is 61.0 Å². The van der Waals surface area contributed by atoms with Crippen molar-refractivity contribution >= 4 is 16.6 Å². The van der Waals surface area contributed by atoms with E-state index >= 15 is 0 Å². The second-order valence-corrected chi connectivity index (χ2v) is 3.74. The zero-order chi connectivity index (χ0) is 11.7. The highest BCUT2D eigenvalue weighted by Gasteiger charge is 2.09. The van der Waals surface area contributed by atoms with Gasteiger partial charge in [-0.3, -0.25) is 0 Å². The first kappa shape index (κ1) is 10.6. The van der Waals surface area contributed by atoms with Gasteiger partial charge >= 0.3 is 0 Å². The third-order valence-corrected chi connectivity index (χ3v) is 2.06. The number of nitrogens with zero attached hydrogens (tertiary/aromatic N) is 2. The average Bonchev–Trinajstić information content (AvgIpc) is 2.20. The van der Waals surface area contributed by atoms with Gasteiger partial charge in [0.05, 0.1) is 22.7 Å². The lowest BCUT2D eigenvalue weighted by molar-refractivity contribution is 0.235. The minimum Gasteiger partial charge on any atom is -0.474 e. The molecule has 4 nitrogen and oxygen atoms in total. The molecule has 84 valence electrons. The van der Waals surface area contributed by atoms with Crippen molar-refractivity contribution in [3.63, 3.8) is 0 Å². The molecule has 1 heterocycles. The second-order valence-electron chi connectivity index (χ2n) is 3.74. The SMILES string of the molecule is CC(C)Oc1ncnc2cc(F)c(N)cc12. The number of hydrogen-bond acceptors (Lipinski definition) is 4. The van der Waals surface area contributed by atoms with Crippen LogP contribution in [0.2, 0.25) is 0 Å². The van der Waals surface area contributed by atoms with E-state index in [1.165, 1.54) is 18.5 Å². The number of fused-ring (bicyclic) bond motifs is 1. The molecule has 0 bridgehead atoms. The molecule has 5 heteroatoms. The van der Waals surface area contributed by atoms with Crippen LogP contribution < -0.4 is 10.5 Å². The highest BCUT2D eigenvalue weighted by Crippen LogP contribution is 2.26. The monoisotopic (exact) mass is 221 g/mol. The van der Waals surface area contributed by atoms with Crippen molar-refractivity contribution in [1.82, 2.24) is 9.97 Å². The fraction of sp³-hybridized carbons (Fsp3) is 0.273. The van der Waals surface area contributed by atoms with Crippen LogP contribution in [-0.4, -0.2) is 16.1 Å². The molecule has 0 aliphatic heterocycles. The van der Waals surface area contributed by atoms with E-state index in [1.54, 1.807) is 0 Å². The maximum atomic E-state index is 13.2. The lowest BCUT2D eigenvalue weighted by atomic mass is 10.2. The summed E-state index contributed by atoms with van der Waals surface area (Å²) < 4.78 is 18.7. The van der Waals surface area contributed by atoms with E-state index in [1.807, 2.05) is 13.8 Å². The lowest BCUT2D eigenvalue weighted by Gasteiger charge is -2.10. The molecule has 0 saturated carbocycles. The van der Waals surface area contributed by atoms with E-state index in [9.17, 15) is 4.39 Å². The van der Waals surface area contributed by atoms with Gasteiger partial charge < -0.3 is 10.5 Å². The van der Waals surface area contributed by atoms with Gasteiger partial charge in [-0.25, -0.2) is 14.4 Å². The number of anilines is 1. The predicted octanol–water partition coefficient (Wildman–Crippen LogP) is 2.14. The quantitative estimate of drug-likeness (QED) is 0.789. The predicted molar refractivity (Wildman–Crippen MR) is 59.7 cm³/mol. The number of hydrogen-bond donors (Lipinski definition) is 1. The molecule has 16 heavy (non-hydrogen) atoms. The number of ether oxygens (including phenoxy) is 1. The van der Waals surface area contributed by atoms with Crippen LogP contribution in [0.5, 0.6) is 5.88 Å². The van der Waals surface area contributed by atoms with E-state index in [4.69, 9.17) is 10.5 Å². The first-order chi connectivity index (χ1) is 7.58. The normalized spacial score (nSPS) is 11.0. The maximum Gasteiger partial charge on any atom is 0.224 e. The minimum absolute atomic E-state index is 0.00984. The summed E-state index contributed by atoms with van der Waals surface area (Å²) in [6, 6.07) is 2.77. The molecular formula is C11H12FN3O. The van der Waals surface area contributed by atoms with Crippen molar-refractivity contribution in [3.05, 3.63) is 24.3 Å². The number of aromatic nitrogens is 2. The van der Waals surface area contributed by atoms with E-state index < -0.39 is 5.82 Å². The highest BCUT2D eigenvalue weighted by atomic mass is 19.1. The molecule has 0 saturated heterocycles. The molecule has 0 aliphatic rings. The Kier molecular flexibility index (Phi) is 2.60. The molecule has 0 atom stereocenters. The van der Waals surface area contributed by atoms with Gasteiger partial charge in [-0.1, -0.05) is 0 Å². The highest BCUT2D eigenvalue weighted by molar-refractivity contribution is 5.86. The fourth-order valence-electron chi connectivity index (χ4n) is 1.39. The first-order valence-electron chi connectivity index (χ1n) is 4.94. The third kappa shape index (κ3) is 1.88. The zero-order valence-corrected chi connectivity index (χ0v) is 9.07. The fourth-order valence-corrected chi connectivity index (χ4v) is 1.39. The summed E-state index contributed by atoms with van der Waals surface area (Å²) >= 11 is 0. The molecule has 0 unspecified atom stereocenters. The Labute approximate surface area is 92.3 Å². The number of halogens is 1. The van der Waals surface area contributed by atoms with Gasteiger partial charge in [-0.05, 0) is 19.9 Å². The summed E-state index contributed by atoms with van der Waals surface area (Å²) in [6.45, 7) is 3.78. The molecule has 2 N–H and O–H groups in total. The zero-order valence-electron chi connectivity index (χ0n) is 9.07. The summed E-state index contributed by atoms with van der Waals surface area (Å²) in [7, 11) is 0. The minimum atomic E-state index is -0.485. The Bertz CT molecular complexity index is 528. The Hall–Kier alpha value is -1.91. The molecule has 0 amide bonds. The van der Waals surface area contributed by atoms with Gasteiger partial charge in [-0.2, -0.15) is 0 Å². The van der Waals surface area contributed by atoms with Crippen LogP contribution in [0.25, 0.3) is 10.9 Å². The van der Waals surface area contributed by atoms with Gasteiger partial charge in [0.1, 0.15) is 12.1 Å². The van der Waals surface area contributed by atoms with E-state index in [-0.39, 0.29) is 11.8 Å².